The summed E-state index contributed by atoms with van der Waals surface area (Å²) in [6.07, 6.45) is 0. The van der Waals surface area contributed by atoms with Crippen LogP contribution in [0.5, 0.6) is 34.5 Å². The normalized spacial score (nSPS) is 10.7. The van der Waals surface area contributed by atoms with E-state index in [1.807, 2.05) is 0 Å². The van der Waals surface area contributed by atoms with Crippen molar-refractivity contribution in [2.24, 2.45) is 0 Å². The number of hydrogen-bond acceptors (Lipinski definition) is 8. The van der Waals surface area contributed by atoms with E-state index in [9.17, 15) is 15.0 Å². The first-order chi connectivity index (χ1) is 12.9. The maximum absolute atomic E-state index is 12.6. The Morgan fingerprint density at radius 2 is 1.41 bits per heavy atom. The van der Waals surface area contributed by atoms with Crippen molar-refractivity contribution in [2.75, 3.05) is 28.4 Å². The lowest BCUT2D eigenvalue weighted by atomic mass is 10.1. The molecular formula is C19H18O8. The summed E-state index contributed by atoms with van der Waals surface area (Å²) < 4.78 is 26.5. The maximum atomic E-state index is 12.6. The van der Waals surface area contributed by atoms with Crippen LogP contribution in [0.1, 0.15) is 0 Å². The van der Waals surface area contributed by atoms with Gasteiger partial charge in [-0.2, -0.15) is 0 Å². The van der Waals surface area contributed by atoms with Crippen LogP contribution in [-0.4, -0.2) is 38.7 Å². The number of aromatic hydroxyl groups is 2. The number of rotatable bonds is 5. The molecule has 8 nitrogen and oxygen atoms in total. The van der Waals surface area contributed by atoms with E-state index in [2.05, 4.69) is 0 Å². The van der Waals surface area contributed by atoms with E-state index >= 15 is 0 Å². The molecule has 142 valence electrons. The lowest BCUT2D eigenvalue weighted by molar-refractivity contribution is 0.324. The van der Waals surface area contributed by atoms with Gasteiger partial charge in [0.15, 0.2) is 28.4 Å². The fraction of sp³-hybridized carbons (Fsp3) is 0.211. The monoisotopic (exact) mass is 374 g/mol. The van der Waals surface area contributed by atoms with Crippen LogP contribution in [0.15, 0.2) is 33.5 Å². The van der Waals surface area contributed by atoms with Crippen LogP contribution in [-0.2, 0) is 0 Å². The minimum Gasteiger partial charge on any atom is -0.504 e. The SMILES string of the molecule is COc1cc(-c2cc(=O)c3c(O)c(OC)c(O)cc3o2)cc(OC)c1OC. The predicted octanol–water partition coefficient (Wildman–Crippen LogP) is 2.91. The first-order valence-electron chi connectivity index (χ1n) is 7.82. The summed E-state index contributed by atoms with van der Waals surface area (Å²) in [5.74, 6) is 0.313. The fourth-order valence-electron chi connectivity index (χ4n) is 2.84. The van der Waals surface area contributed by atoms with Gasteiger partial charge in [0, 0.05) is 17.7 Å². The molecule has 0 amide bonds. The van der Waals surface area contributed by atoms with Gasteiger partial charge in [-0.05, 0) is 12.1 Å². The van der Waals surface area contributed by atoms with Gasteiger partial charge in [-0.3, -0.25) is 4.79 Å². The summed E-state index contributed by atoms with van der Waals surface area (Å²) in [4.78, 5) is 12.6. The second kappa shape index (κ2) is 6.99. The van der Waals surface area contributed by atoms with Gasteiger partial charge in [0.25, 0.3) is 0 Å². The summed E-state index contributed by atoms with van der Waals surface area (Å²) in [5, 5.41) is 20.1. The minimum absolute atomic E-state index is 0.00190. The summed E-state index contributed by atoms with van der Waals surface area (Å²) in [6.45, 7) is 0. The van der Waals surface area contributed by atoms with Crippen LogP contribution in [0.3, 0.4) is 0 Å². The lowest BCUT2D eigenvalue weighted by Crippen LogP contribution is -2.02. The molecule has 0 saturated carbocycles. The highest BCUT2D eigenvalue weighted by Gasteiger charge is 2.20. The molecule has 3 rings (SSSR count). The average molecular weight is 374 g/mol. The molecule has 3 aromatic rings. The molecular weight excluding hydrogens is 356 g/mol. The van der Waals surface area contributed by atoms with Crippen molar-refractivity contribution in [3.05, 3.63) is 34.5 Å². The molecule has 0 radical (unpaired) electrons. The van der Waals surface area contributed by atoms with E-state index in [1.165, 1.54) is 40.6 Å². The molecule has 0 bridgehead atoms. The Morgan fingerprint density at radius 1 is 0.815 bits per heavy atom. The predicted molar refractivity (Wildman–Crippen MR) is 97.5 cm³/mol. The third-order valence-corrected chi connectivity index (χ3v) is 4.08. The third kappa shape index (κ3) is 2.95. The van der Waals surface area contributed by atoms with Crippen LogP contribution in [0.4, 0.5) is 0 Å². The molecule has 0 aliphatic rings. The maximum Gasteiger partial charge on any atom is 0.203 e. The van der Waals surface area contributed by atoms with Crippen molar-refractivity contribution in [1.29, 1.82) is 0 Å². The van der Waals surface area contributed by atoms with Gasteiger partial charge >= 0.3 is 0 Å². The van der Waals surface area contributed by atoms with Gasteiger partial charge in [0.1, 0.15) is 16.7 Å². The van der Waals surface area contributed by atoms with Crippen LogP contribution >= 0.6 is 0 Å². The van der Waals surface area contributed by atoms with Crippen molar-refractivity contribution in [3.8, 4) is 45.8 Å². The number of phenolic OH excluding ortho intramolecular Hbond substituents is 2. The van der Waals surface area contributed by atoms with Gasteiger partial charge in [-0.15, -0.1) is 0 Å². The largest absolute Gasteiger partial charge is 0.504 e. The van der Waals surface area contributed by atoms with E-state index < -0.39 is 11.2 Å². The van der Waals surface area contributed by atoms with E-state index in [1.54, 1.807) is 12.1 Å². The highest BCUT2D eigenvalue weighted by atomic mass is 16.5. The van der Waals surface area contributed by atoms with Crippen LogP contribution in [0.25, 0.3) is 22.3 Å². The second-order valence-electron chi connectivity index (χ2n) is 5.54. The summed E-state index contributed by atoms with van der Waals surface area (Å²) >= 11 is 0. The third-order valence-electron chi connectivity index (χ3n) is 4.08. The zero-order valence-electron chi connectivity index (χ0n) is 15.2. The molecule has 1 aromatic heterocycles. The number of ether oxygens (including phenoxy) is 4. The Balaban J connectivity index is 2.29. The van der Waals surface area contributed by atoms with Crippen LogP contribution in [0, 0.1) is 0 Å². The first-order valence-corrected chi connectivity index (χ1v) is 7.82. The Hall–Kier alpha value is -3.55. The van der Waals surface area contributed by atoms with Gasteiger partial charge in [0.2, 0.25) is 11.5 Å². The van der Waals surface area contributed by atoms with E-state index in [0.717, 1.165) is 0 Å². The summed E-state index contributed by atoms with van der Waals surface area (Å²) in [5.41, 5.74) is -0.0175. The highest BCUT2D eigenvalue weighted by Crippen LogP contribution is 2.43. The number of phenols is 2. The smallest absolute Gasteiger partial charge is 0.203 e. The second-order valence-corrected chi connectivity index (χ2v) is 5.54. The number of benzene rings is 2. The Kier molecular flexibility index (Phi) is 4.72. The molecule has 1 heterocycles. The first kappa shape index (κ1) is 18.2. The number of methoxy groups -OCH3 is 4. The molecule has 2 aromatic carbocycles. The fourth-order valence-corrected chi connectivity index (χ4v) is 2.84. The molecule has 0 unspecified atom stereocenters. The number of hydrogen-bond donors (Lipinski definition) is 2. The topological polar surface area (TPSA) is 108 Å². The van der Waals surface area contributed by atoms with Crippen molar-refractivity contribution >= 4 is 11.0 Å². The standard InChI is InChI=1S/C19H18O8/c1-23-14-5-9(6-15(24-2)19(14)26-4)12-7-10(20)16-13(27-12)8-11(21)18(25-3)17(16)22/h5-8,21-22H,1-4H3. The van der Waals surface area contributed by atoms with Gasteiger partial charge in [0.05, 0.1) is 28.4 Å². The highest BCUT2D eigenvalue weighted by molar-refractivity contribution is 5.89. The van der Waals surface area contributed by atoms with E-state index in [-0.39, 0.29) is 28.2 Å². The molecule has 0 saturated heterocycles. The Morgan fingerprint density at radius 3 is 1.93 bits per heavy atom. The quantitative estimate of drug-likeness (QED) is 0.702. The van der Waals surface area contributed by atoms with E-state index in [4.69, 9.17) is 23.4 Å². The van der Waals surface area contributed by atoms with Crippen LogP contribution in [0.2, 0.25) is 0 Å². The molecule has 0 aliphatic heterocycles. The van der Waals surface area contributed by atoms with Crippen molar-refractivity contribution in [2.45, 2.75) is 0 Å². The lowest BCUT2D eigenvalue weighted by Gasteiger charge is -2.14. The Labute approximate surface area is 154 Å². The summed E-state index contributed by atoms with van der Waals surface area (Å²) in [6, 6.07) is 5.67. The van der Waals surface area contributed by atoms with Crippen molar-refractivity contribution in [1.82, 2.24) is 0 Å². The van der Waals surface area contributed by atoms with Crippen LogP contribution < -0.4 is 24.4 Å². The minimum atomic E-state index is -0.504. The molecule has 27 heavy (non-hydrogen) atoms. The summed E-state index contributed by atoms with van der Waals surface area (Å²) in [7, 11) is 5.70. The zero-order chi connectivity index (χ0) is 19.7. The van der Waals surface area contributed by atoms with Gasteiger partial charge < -0.3 is 33.6 Å². The van der Waals surface area contributed by atoms with Gasteiger partial charge in [-0.1, -0.05) is 0 Å². The molecule has 0 spiro atoms. The molecule has 2 N–H and O–H groups in total. The molecule has 0 atom stereocenters. The zero-order valence-corrected chi connectivity index (χ0v) is 15.2. The Bertz CT molecular complexity index is 1040. The average Bonchev–Trinajstić information content (AvgIpc) is 2.66. The van der Waals surface area contributed by atoms with Crippen molar-refractivity contribution < 1.29 is 33.6 Å². The van der Waals surface area contributed by atoms with Gasteiger partial charge in [-0.25, -0.2) is 0 Å². The molecule has 8 heteroatoms. The molecule has 0 fully saturated rings. The number of fused-ring (bicyclic) bond motifs is 1. The van der Waals surface area contributed by atoms with E-state index in [0.29, 0.717) is 22.8 Å². The molecule has 0 aliphatic carbocycles. The van der Waals surface area contributed by atoms with Crippen molar-refractivity contribution in [3.63, 3.8) is 0 Å².